The monoisotopic (exact) mass is 321 g/mol. The molecule has 100 valence electrons. The fraction of sp³-hybridized carbons (Fsp3) is 0.462. The van der Waals surface area contributed by atoms with E-state index < -0.39 is 0 Å². The van der Waals surface area contributed by atoms with Gasteiger partial charge in [0.1, 0.15) is 0 Å². The van der Waals surface area contributed by atoms with E-state index in [4.69, 9.17) is 0 Å². The van der Waals surface area contributed by atoms with Gasteiger partial charge in [-0.05, 0) is 34.9 Å². The van der Waals surface area contributed by atoms with Crippen LogP contribution in [0, 0.1) is 5.92 Å². The Morgan fingerprint density at radius 1 is 1.26 bits per heavy atom. The van der Waals surface area contributed by atoms with Crippen molar-refractivity contribution in [1.82, 2.24) is 20.2 Å². The van der Waals surface area contributed by atoms with E-state index in [-0.39, 0.29) is 0 Å². The van der Waals surface area contributed by atoms with Crippen molar-refractivity contribution in [3.8, 4) is 5.69 Å². The number of anilines is 1. The quantitative estimate of drug-likeness (QED) is 0.796. The Morgan fingerprint density at radius 2 is 2.05 bits per heavy atom. The minimum absolute atomic E-state index is 0.488. The molecule has 2 aromatic rings. The van der Waals surface area contributed by atoms with E-state index >= 15 is 0 Å². The smallest absolute Gasteiger partial charge is 0.250 e. The highest BCUT2D eigenvalue weighted by Crippen LogP contribution is 2.26. The van der Waals surface area contributed by atoms with Gasteiger partial charge in [0.05, 0.1) is 5.69 Å². The van der Waals surface area contributed by atoms with Crippen LogP contribution in [-0.2, 0) is 0 Å². The highest BCUT2D eigenvalue weighted by molar-refractivity contribution is 9.09. The van der Waals surface area contributed by atoms with Crippen LogP contribution >= 0.6 is 15.9 Å². The van der Waals surface area contributed by atoms with Gasteiger partial charge in [0.2, 0.25) is 5.95 Å². The summed E-state index contributed by atoms with van der Waals surface area (Å²) in [6.45, 7) is 4.21. The van der Waals surface area contributed by atoms with Crippen LogP contribution in [0.25, 0.3) is 5.69 Å². The summed E-state index contributed by atoms with van der Waals surface area (Å²) in [4.78, 5) is 2.73. The summed E-state index contributed by atoms with van der Waals surface area (Å²) in [7, 11) is 0. The van der Waals surface area contributed by atoms with Gasteiger partial charge in [-0.15, -0.1) is 0 Å². The topological polar surface area (TPSA) is 46.8 Å². The zero-order valence-corrected chi connectivity index (χ0v) is 12.4. The Morgan fingerprint density at radius 3 is 2.79 bits per heavy atom. The van der Waals surface area contributed by atoms with Crippen molar-refractivity contribution in [2.75, 3.05) is 18.0 Å². The molecule has 3 rings (SSSR count). The zero-order chi connectivity index (χ0) is 13.2. The molecule has 0 saturated carbocycles. The van der Waals surface area contributed by atoms with Crippen molar-refractivity contribution in [1.29, 1.82) is 0 Å². The molecule has 2 heterocycles. The molecule has 2 atom stereocenters. The van der Waals surface area contributed by atoms with E-state index in [1.165, 1.54) is 0 Å². The molecule has 0 radical (unpaired) electrons. The standard InChI is InChI=1S/C13H16BrN5/c1-10-7-8-18(9-12(10)14)13-15-16-17-19(13)11-5-3-2-4-6-11/h2-6,10,12H,7-9H2,1H3. The largest absolute Gasteiger partial charge is 0.338 e. The van der Waals surface area contributed by atoms with Gasteiger partial charge in [0.25, 0.3) is 0 Å². The summed E-state index contributed by atoms with van der Waals surface area (Å²) in [5, 5.41) is 12.1. The van der Waals surface area contributed by atoms with Crippen LogP contribution in [0.1, 0.15) is 13.3 Å². The van der Waals surface area contributed by atoms with Gasteiger partial charge in [-0.2, -0.15) is 4.68 Å². The first kappa shape index (κ1) is 12.6. The molecule has 2 unspecified atom stereocenters. The lowest BCUT2D eigenvalue weighted by atomic mass is 9.99. The number of alkyl halides is 1. The first-order valence-corrected chi connectivity index (χ1v) is 7.40. The molecular weight excluding hydrogens is 306 g/mol. The fourth-order valence-electron chi connectivity index (χ4n) is 2.32. The van der Waals surface area contributed by atoms with E-state index in [2.05, 4.69) is 43.3 Å². The second kappa shape index (κ2) is 5.28. The van der Waals surface area contributed by atoms with Crippen LogP contribution < -0.4 is 4.90 Å². The van der Waals surface area contributed by atoms with Crippen molar-refractivity contribution < 1.29 is 0 Å². The molecule has 0 N–H and O–H groups in total. The molecule has 6 heteroatoms. The highest BCUT2D eigenvalue weighted by atomic mass is 79.9. The summed E-state index contributed by atoms with van der Waals surface area (Å²) < 4.78 is 1.80. The molecule has 0 bridgehead atoms. The van der Waals surface area contributed by atoms with Crippen LogP contribution in [0.5, 0.6) is 0 Å². The molecular formula is C13H16BrN5. The number of benzene rings is 1. The minimum Gasteiger partial charge on any atom is -0.338 e. The summed E-state index contributed by atoms with van der Waals surface area (Å²) in [5.74, 6) is 1.51. The summed E-state index contributed by atoms with van der Waals surface area (Å²) >= 11 is 3.74. The molecule has 1 aromatic heterocycles. The Balaban J connectivity index is 1.89. The normalized spacial score (nSPS) is 23.6. The number of rotatable bonds is 2. The predicted molar refractivity (Wildman–Crippen MR) is 77.9 cm³/mol. The molecule has 1 aliphatic heterocycles. The highest BCUT2D eigenvalue weighted by Gasteiger charge is 2.27. The SMILES string of the molecule is CC1CCN(c2nnnn2-c2ccccc2)CC1Br. The van der Waals surface area contributed by atoms with E-state index in [0.717, 1.165) is 31.1 Å². The number of halogens is 1. The summed E-state index contributed by atoms with van der Waals surface area (Å²) in [6, 6.07) is 10.00. The Kier molecular flexibility index (Phi) is 3.50. The molecule has 0 aliphatic carbocycles. The number of aromatic nitrogens is 4. The lowest BCUT2D eigenvalue weighted by Crippen LogP contribution is -2.41. The van der Waals surface area contributed by atoms with Crippen molar-refractivity contribution in [3.05, 3.63) is 30.3 Å². The minimum atomic E-state index is 0.488. The van der Waals surface area contributed by atoms with Gasteiger partial charge in [-0.25, -0.2) is 0 Å². The average molecular weight is 322 g/mol. The number of nitrogens with zero attached hydrogens (tertiary/aromatic N) is 5. The second-order valence-corrected chi connectivity index (χ2v) is 6.13. The van der Waals surface area contributed by atoms with Gasteiger partial charge < -0.3 is 4.90 Å². The number of piperidine rings is 1. The number of hydrogen-bond acceptors (Lipinski definition) is 4. The number of hydrogen-bond donors (Lipinski definition) is 0. The molecule has 0 amide bonds. The lowest BCUT2D eigenvalue weighted by Gasteiger charge is -2.34. The maximum atomic E-state index is 4.18. The third kappa shape index (κ3) is 2.49. The van der Waals surface area contributed by atoms with Gasteiger partial charge >= 0.3 is 0 Å². The first-order chi connectivity index (χ1) is 9.25. The maximum absolute atomic E-state index is 4.18. The third-order valence-corrected chi connectivity index (χ3v) is 4.80. The van der Waals surface area contributed by atoms with Crippen LogP contribution in [0.2, 0.25) is 0 Å². The predicted octanol–water partition coefficient (Wildman–Crippen LogP) is 2.27. The van der Waals surface area contributed by atoms with Gasteiger partial charge in [-0.3, -0.25) is 0 Å². The Labute approximate surface area is 120 Å². The van der Waals surface area contributed by atoms with Gasteiger partial charge in [0, 0.05) is 17.9 Å². The van der Waals surface area contributed by atoms with Crippen molar-refractivity contribution in [2.24, 2.45) is 5.92 Å². The van der Waals surface area contributed by atoms with Crippen LogP contribution in [0.15, 0.2) is 30.3 Å². The molecule has 5 nitrogen and oxygen atoms in total. The van der Waals surface area contributed by atoms with E-state index in [1.54, 1.807) is 4.68 Å². The Hall–Kier alpha value is -1.43. The molecule has 1 aliphatic rings. The van der Waals surface area contributed by atoms with E-state index in [1.807, 2.05) is 30.3 Å². The molecule has 1 fully saturated rings. The van der Waals surface area contributed by atoms with E-state index in [0.29, 0.717) is 10.7 Å². The lowest BCUT2D eigenvalue weighted by molar-refractivity contribution is 0.450. The van der Waals surface area contributed by atoms with Crippen molar-refractivity contribution >= 4 is 21.9 Å². The fourth-order valence-corrected chi connectivity index (χ4v) is 2.93. The molecule has 1 aromatic carbocycles. The number of tetrazole rings is 1. The Bertz CT molecular complexity index is 541. The van der Waals surface area contributed by atoms with Crippen LogP contribution in [0.3, 0.4) is 0 Å². The van der Waals surface area contributed by atoms with Crippen LogP contribution in [-0.4, -0.2) is 38.1 Å². The average Bonchev–Trinajstić information content (AvgIpc) is 2.92. The first-order valence-electron chi connectivity index (χ1n) is 6.48. The maximum Gasteiger partial charge on any atom is 0.250 e. The zero-order valence-electron chi connectivity index (χ0n) is 10.8. The molecule has 0 spiro atoms. The van der Waals surface area contributed by atoms with Crippen LogP contribution in [0.4, 0.5) is 5.95 Å². The second-order valence-electron chi connectivity index (χ2n) is 4.95. The summed E-state index contributed by atoms with van der Waals surface area (Å²) in [6.07, 6.45) is 1.15. The summed E-state index contributed by atoms with van der Waals surface area (Å²) in [5.41, 5.74) is 0.993. The van der Waals surface area contributed by atoms with Gasteiger partial charge in [0.15, 0.2) is 0 Å². The molecule has 19 heavy (non-hydrogen) atoms. The van der Waals surface area contributed by atoms with Crippen molar-refractivity contribution in [2.45, 2.75) is 18.2 Å². The van der Waals surface area contributed by atoms with Gasteiger partial charge in [-0.1, -0.05) is 46.2 Å². The third-order valence-electron chi connectivity index (χ3n) is 3.60. The molecule has 1 saturated heterocycles. The van der Waals surface area contributed by atoms with E-state index in [9.17, 15) is 0 Å². The van der Waals surface area contributed by atoms with Crippen molar-refractivity contribution in [3.63, 3.8) is 0 Å². The number of para-hydroxylation sites is 1.